The highest BCUT2D eigenvalue weighted by atomic mass is 79.9. The lowest BCUT2D eigenvalue weighted by molar-refractivity contribution is -0.151. The number of benzene rings is 4. The van der Waals surface area contributed by atoms with Crippen LogP contribution in [0.1, 0.15) is 182 Å². The Morgan fingerprint density at radius 2 is 0.785 bits per heavy atom. The Bertz CT molecular complexity index is 3570. The minimum atomic E-state index is -0.960. The maximum absolute atomic E-state index is 12.6. The number of esters is 2. The van der Waals surface area contributed by atoms with Gasteiger partial charge in [-0.25, -0.2) is 14.4 Å². The first kappa shape index (κ1) is 106. The molecule has 9 rings (SSSR count). The molecule has 5 saturated heterocycles. The van der Waals surface area contributed by atoms with Crippen molar-refractivity contribution < 1.29 is 72.0 Å². The molecule has 5 fully saturated rings. The van der Waals surface area contributed by atoms with E-state index in [-0.39, 0.29) is 76.5 Å². The van der Waals surface area contributed by atoms with Gasteiger partial charge in [0.05, 0.1) is 37.4 Å². The minimum Gasteiger partial charge on any atom is -0.480 e. The van der Waals surface area contributed by atoms with Crippen LogP contribution in [0, 0.1) is 0 Å². The smallest absolute Gasteiger partial charge is 0.411 e. The molecule has 5 heterocycles. The number of primary amides is 1. The molecule has 0 spiro atoms. The van der Waals surface area contributed by atoms with Crippen molar-refractivity contribution >= 4 is 75.6 Å². The molecule has 7 amide bonds. The predicted octanol–water partition coefficient (Wildman–Crippen LogP) is 7.35. The molecule has 678 valence electrons. The number of amides is 7. The highest BCUT2D eigenvalue weighted by Crippen LogP contribution is 2.26. The van der Waals surface area contributed by atoms with Crippen LogP contribution in [-0.2, 0) is 83.5 Å². The highest BCUT2D eigenvalue weighted by molar-refractivity contribution is 9.10. The summed E-state index contributed by atoms with van der Waals surface area (Å²) < 4.78 is 20.4. The zero-order valence-electron chi connectivity index (χ0n) is 73.8. The fraction of sp³-hybridized carbons (Fsp3) is 0.618. The molecule has 31 nitrogen and oxygen atoms in total. The third kappa shape index (κ3) is 44.3. The van der Waals surface area contributed by atoms with Crippen LogP contribution in [0.3, 0.4) is 0 Å². The summed E-state index contributed by atoms with van der Waals surface area (Å²) >= 11 is 3.17. The number of carbonyl (C=O) groups is 10. The van der Waals surface area contributed by atoms with Crippen LogP contribution in [-0.4, -0.2) is 254 Å². The first-order chi connectivity index (χ1) is 58.0. The number of halogens is 1. The van der Waals surface area contributed by atoms with Gasteiger partial charge in [0.1, 0.15) is 34.2 Å². The number of carboxylic acid groups (broad SMARTS) is 1. The summed E-state index contributed by atoms with van der Waals surface area (Å²) in [7, 11) is 0. The molecular weight excluding hydrogens is 1610 g/mol. The summed E-state index contributed by atoms with van der Waals surface area (Å²) in [4.78, 5) is 124. The number of ether oxygens (including phenoxy) is 4. The maximum atomic E-state index is 12.6. The van der Waals surface area contributed by atoms with Crippen molar-refractivity contribution in [3.8, 4) is 0 Å². The van der Waals surface area contributed by atoms with Gasteiger partial charge in [-0.15, -0.1) is 0 Å². The normalized spacial score (nSPS) is 18.0. The van der Waals surface area contributed by atoms with Crippen LogP contribution in [0.15, 0.2) is 121 Å². The number of hydrogen-bond donors (Lipinski definition) is 13. The second kappa shape index (κ2) is 61.6. The van der Waals surface area contributed by atoms with E-state index in [0.717, 1.165) is 117 Å². The SMILES string of the molecule is CC(C)(C)OC(=O)N1CCCC1C(=O)NCCNCc1ccccc1.CC(C)(C)OC(=O)N1CCCC1C(=O)O.CCOC(=O)[C@H](Br)CC.CCOC(=O)[C@H](CC)N1CCCC1C(=O)NCCNCc1ccccc1.CC[C@@H](C(N)=O)N1CCCC1C(=O)NCCN.NCCNCc1ccccc1.O=C(NCCNCc1ccccc1)C1CCCN1. The fourth-order valence-electron chi connectivity index (χ4n) is 13.6. The number of aliphatic carboxylic acids is 1. The molecule has 8 atom stereocenters. The van der Waals surface area contributed by atoms with Crippen LogP contribution < -0.4 is 65.1 Å². The molecule has 0 saturated carbocycles. The van der Waals surface area contributed by atoms with Crippen molar-refractivity contribution in [1.82, 2.24) is 67.5 Å². The molecule has 4 aromatic carbocycles. The minimum absolute atomic E-state index is 0.00626. The molecule has 0 aliphatic carbocycles. The van der Waals surface area contributed by atoms with Crippen LogP contribution in [0.4, 0.5) is 9.59 Å². The number of rotatable bonds is 36. The first-order valence-corrected chi connectivity index (χ1v) is 44.1. The maximum Gasteiger partial charge on any atom is 0.411 e. The van der Waals surface area contributed by atoms with Crippen molar-refractivity contribution in [2.75, 3.05) is 111 Å². The molecule has 5 unspecified atom stereocenters. The molecular formula is C89H145BrN16O15. The Morgan fingerprint density at radius 1 is 0.438 bits per heavy atom. The molecule has 4 aromatic rings. The highest BCUT2D eigenvalue weighted by Gasteiger charge is 2.41. The molecule has 0 radical (unpaired) electrons. The van der Waals surface area contributed by atoms with Gasteiger partial charge in [0.15, 0.2) is 0 Å². The Kier molecular flexibility index (Phi) is 54.2. The lowest BCUT2D eigenvalue weighted by Gasteiger charge is -2.30. The van der Waals surface area contributed by atoms with Gasteiger partial charge in [-0.3, -0.25) is 53.2 Å². The van der Waals surface area contributed by atoms with Crippen molar-refractivity contribution in [1.29, 1.82) is 0 Å². The summed E-state index contributed by atoms with van der Waals surface area (Å²) in [5.41, 5.74) is 19.9. The number of likely N-dealkylation sites (tertiary alicyclic amines) is 4. The first-order valence-electron chi connectivity index (χ1n) is 43.2. The standard InChI is InChI=1S/C20H31N3O3.C19H29N3O3.C14H21N3O.C11H22N4O2.C10H17NO4.C9H14N2.C6H11BrO2/c1-3-17(20(25)26-4-2)23-14-8-11-18(23)19(24)22-13-12-21-15-16-9-6-5-7-10-16;1-19(2,3)25-18(24)22-13-7-10-16(22)17(23)21-12-11-20-14-15-8-5-4-6-9-15;18-14(13-7-4-8-16-13)17-10-9-15-11-12-5-2-1-3-6-12;1-2-8(10(13)16)15-7-3-4-9(15)11(17)14-6-5-12;1-10(2,3)15-9(14)11-6-4-5-7(11)8(12)13;10-6-7-11-8-9-4-2-1-3-5-9;1-3-5(7)6(8)9-4-2/h5-7,9-10,17-18,21H,3-4,8,11-15H2,1-2H3,(H,22,24);4-6,8-9,16,20H,7,10-14H2,1-3H3,(H,21,23);1-3,5-6,13,15-16H,4,7-11H2,(H,17,18);8-9H,2-7,12H2,1H3,(H2,13,16)(H,14,17);7H,4-6H2,1-3H3,(H,12,13);1-5,11H,6-8,10H2;5H,3-4H2,1-2H3/t17-,18?;;;8-,9?;;;5-/m0..0..1/s1. The Labute approximate surface area is 727 Å². The average Bonchev–Trinajstić information content (AvgIpc) is 1.69. The summed E-state index contributed by atoms with van der Waals surface area (Å²) in [6.45, 7) is 34.3. The second-order valence-electron chi connectivity index (χ2n) is 31.5. The fourth-order valence-corrected chi connectivity index (χ4v) is 13.8. The summed E-state index contributed by atoms with van der Waals surface area (Å²) in [6.07, 6.45) is 9.34. The van der Waals surface area contributed by atoms with E-state index in [4.69, 9.17) is 41.3 Å². The molecule has 16 N–H and O–H groups in total. The Balaban J connectivity index is 0.000000374. The number of nitrogens with zero attached hydrogens (tertiary/aromatic N) is 4. The lowest BCUT2D eigenvalue weighted by Crippen LogP contribution is -2.52. The van der Waals surface area contributed by atoms with Crippen molar-refractivity contribution in [2.45, 2.75) is 244 Å². The van der Waals surface area contributed by atoms with Gasteiger partial charge in [0, 0.05) is 105 Å². The van der Waals surface area contributed by atoms with E-state index >= 15 is 0 Å². The van der Waals surface area contributed by atoms with E-state index < -0.39 is 41.4 Å². The van der Waals surface area contributed by atoms with Crippen molar-refractivity contribution in [3.05, 3.63) is 144 Å². The summed E-state index contributed by atoms with van der Waals surface area (Å²) in [6, 6.07) is 38.6. The number of carbonyl (C=O) groups excluding carboxylic acids is 9. The third-order valence-corrected chi connectivity index (χ3v) is 20.6. The average molecular weight is 1760 g/mol. The quantitative estimate of drug-likeness (QED) is 0.00915. The van der Waals surface area contributed by atoms with E-state index in [9.17, 15) is 47.9 Å². The number of carboxylic acids is 1. The third-order valence-electron chi connectivity index (χ3n) is 19.5. The lowest BCUT2D eigenvalue weighted by atomic mass is 10.1. The molecule has 5 aliphatic heterocycles. The predicted molar refractivity (Wildman–Crippen MR) is 476 cm³/mol. The molecule has 0 aromatic heterocycles. The van der Waals surface area contributed by atoms with E-state index in [0.29, 0.717) is 104 Å². The second-order valence-corrected chi connectivity index (χ2v) is 32.6. The molecule has 5 aliphatic rings. The number of hydrogen-bond acceptors (Lipinski definition) is 23. The number of alkyl halides is 1. The monoisotopic (exact) mass is 1760 g/mol. The van der Waals surface area contributed by atoms with Crippen molar-refractivity contribution in [3.63, 3.8) is 0 Å². The van der Waals surface area contributed by atoms with Crippen LogP contribution in [0.5, 0.6) is 0 Å². The largest absolute Gasteiger partial charge is 0.480 e. The zero-order valence-corrected chi connectivity index (χ0v) is 75.4. The van der Waals surface area contributed by atoms with Gasteiger partial charge in [-0.2, -0.15) is 0 Å². The zero-order chi connectivity index (χ0) is 89.4. The van der Waals surface area contributed by atoms with Gasteiger partial charge >= 0.3 is 30.1 Å². The molecule has 32 heteroatoms. The Morgan fingerprint density at radius 3 is 1.14 bits per heavy atom. The topological polar surface area (TPSA) is 427 Å². The van der Waals surface area contributed by atoms with E-state index in [1.54, 1.807) is 34.6 Å². The van der Waals surface area contributed by atoms with Gasteiger partial charge in [0.2, 0.25) is 29.5 Å². The van der Waals surface area contributed by atoms with Crippen LogP contribution >= 0.6 is 15.9 Å². The van der Waals surface area contributed by atoms with Gasteiger partial charge < -0.3 is 89.1 Å². The van der Waals surface area contributed by atoms with Crippen LogP contribution in [0.25, 0.3) is 0 Å². The van der Waals surface area contributed by atoms with E-state index in [1.807, 2.05) is 124 Å². The van der Waals surface area contributed by atoms with Crippen molar-refractivity contribution in [2.24, 2.45) is 17.2 Å². The van der Waals surface area contributed by atoms with Gasteiger partial charge in [-0.05, 0) is 181 Å². The number of nitrogens with one attached hydrogen (secondary N) is 9. The molecule has 121 heavy (non-hydrogen) atoms. The van der Waals surface area contributed by atoms with E-state index in [2.05, 4.69) is 112 Å². The Hall–Kier alpha value is -8.70. The van der Waals surface area contributed by atoms with Gasteiger partial charge in [-0.1, -0.05) is 158 Å². The molecule has 0 bridgehead atoms. The van der Waals surface area contributed by atoms with Gasteiger partial charge in [0.25, 0.3) is 0 Å². The number of nitrogens with two attached hydrogens (primary N) is 3. The summed E-state index contributed by atoms with van der Waals surface area (Å²) in [5, 5.41) is 36.8. The van der Waals surface area contributed by atoms with Crippen LogP contribution in [0.2, 0.25) is 0 Å². The summed E-state index contributed by atoms with van der Waals surface area (Å²) in [5.74, 6) is -1.72. The van der Waals surface area contributed by atoms with E-state index in [1.165, 1.54) is 32.1 Å².